The van der Waals surface area contributed by atoms with Crippen molar-refractivity contribution in [3.8, 4) is 0 Å². The van der Waals surface area contributed by atoms with Crippen LogP contribution in [-0.4, -0.2) is 48.9 Å². The van der Waals surface area contributed by atoms with Crippen LogP contribution in [0.4, 0.5) is 0 Å². The second kappa shape index (κ2) is 7.16. The lowest BCUT2D eigenvalue weighted by Gasteiger charge is -2.17. The van der Waals surface area contributed by atoms with Gasteiger partial charge in [0, 0.05) is 37.2 Å². The van der Waals surface area contributed by atoms with Crippen LogP contribution in [0.1, 0.15) is 27.4 Å². The number of nitrogens with zero attached hydrogens (tertiary/aromatic N) is 2. The maximum atomic E-state index is 12.9. The van der Waals surface area contributed by atoms with Crippen molar-refractivity contribution in [3.63, 3.8) is 0 Å². The molecule has 0 radical (unpaired) electrons. The summed E-state index contributed by atoms with van der Waals surface area (Å²) in [7, 11) is 4.05. The van der Waals surface area contributed by atoms with E-state index in [9.17, 15) is 4.79 Å². The molecule has 0 aromatic heterocycles. The zero-order valence-electron chi connectivity index (χ0n) is 14.4. The highest BCUT2D eigenvalue weighted by atomic mass is 16.2. The van der Waals surface area contributed by atoms with Gasteiger partial charge in [-0.25, -0.2) is 0 Å². The van der Waals surface area contributed by atoms with E-state index in [0.29, 0.717) is 13.1 Å². The zero-order chi connectivity index (χ0) is 17.1. The van der Waals surface area contributed by atoms with Gasteiger partial charge < -0.3 is 15.5 Å². The molecule has 1 aliphatic heterocycles. The van der Waals surface area contributed by atoms with E-state index < -0.39 is 0 Å². The van der Waals surface area contributed by atoms with Crippen LogP contribution < -0.4 is 5.73 Å². The van der Waals surface area contributed by atoms with Gasteiger partial charge in [0.05, 0.1) is 0 Å². The quantitative estimate of drug-likeness (QED) is 0.939. The highest BCUT2D eigenvalue weighted by molar-refractivity contribution is 5.94. The Bertz CT molecular complexity index is 699. The van der Waals surface area contributed by atoms with Gasteiger partial charge in [-0.1, -0.05) is 42.5 Å². The number of carbonyl (C=O) groups excluding carboxylic acids is 1. The molecular weight excluding hydrogens is 298 g/mol. The van der Waals surface area contributed by atoms with E-state index in [0.717, 1.165) is 17.7 Å². The van der Waals surface area contributed by atoms with Crippen LogP contribution in [0.15, 0.2) is 54.6 Å². The molecule has 4 heteroatoms. The molecule has 0 saturated carbocycles. The van der Waals surface area contributed by atoms with Gasteiger partial charge in [0.25, 0.3) is 5.91 Å². The first kappa shape index (κ1) is 16.7. The molecule has 0 spiro atoms. The molecule has 2 atom stereocenters. The number of hydrogen-bond acceptors (Lipinski definition) is 3. The van der Waals surface area contributed by atoms with Gasteiger partial charge in [-0.2, -0.15) is 0 Å². The lowest BCUT2D eigenvalue weighted by atomic mass is 9.95. The van der Waals surface area contributed by atoms with E-state index >= 15 is 0 Å². The van der Waals surface area contributed by atoms with Crippen LogP contribution in [0.3, 0.4) is 0 Å². The Balaban J connectivity index is 1.74. The van der Waals surface area contributed by atoms with Crippen LogP contribution in [-0.2, 0) is 6.54 Å². The summed E-state index contributed by atoms with van der Waals surface area (Å²) in [5, 5.41) is 0. The van der Waals surface area contributed by atoms with Crippen molar-refractivity contribution in [2.24, 2.45) is 5.73 Å². The van der Waals surface area contributed by atoms with Gasteiger partial charge in [-0.05, 0) is 37.4 Å². The van der Waals surface area contributed by atoms with Gasteiger partial charge >= 0.3 is 0 Å². The average Bonchev–Trinajstić information content (AvgIpc) is 2.96. The molecule has 0 aliphatic carbocycles. The van der Waals surface area contributed by atoms with Crippen molar-refractivity contribution in [2.45, 2.75) is 18.5 Å². The lowest BCUT2D eigenvalue weighted by Crippen LogP contribution is -2.32. The van der Waals surface area contributed by atoms with Crippen molar-refractivity contribution in [3.05, 3.63) is 71.3 Å². The summed E-state index contributed by atoms with van der Waals surface area (Å²) in [5.74, 6) is 0.282. The van der Waals surface area contributed by atoms with Gasteiger partial charge in [0.15, 0.2) is 0 Å². The molecule has 126 valence electrons. The topological polar surface area (TPSA) is 49.6 Å². The molecule has 3 rings (SSSR count). The van der Waals surface area contributed by atoms with Crippen molar-refractivity contribution < 1.29 is 4.79 Å². The fourth-order valence-corrected chi connectivity index (χ4v) is 3.40. The number of likely N-dealkylation sites (tertiary alicyclic amines) is 1. The SMILES string of the molecule is CN(C)Cc1cccc(C(=O)N2C[C@@H](N)[C@H](c3ccccc3)C2)c1. The van der Waals surface area contributed by atoms with E-state index in [1.54, 1.807) is 0 Å². The number of hydrogen-bond donors (Lipinski definition) is 1. The van der Waals surface area contributed by atoms with Crippen molar-refractivity contribution in [1.82, 2.24) is 9.80 Å². The first-order valence-corrected chi connectivity index (χ1v) is 8.38. The second-order valence-corrected chi connectivity index (χ2v) is 6.83. The molecule has 1 heterocycles. The number of carbonyl (C=O) groups is 1. The largest absolute Gasteiger partial charge is 0.336 e. The van der Waals surface area contributed by atoms with Crippen LogP contribution in [0, 0.1) is 0 Å². The third kappa shape index (κ3) is 3.66. The molecule has 4 nitrogen and oxygen atoms in total. The first-order chi connectivity index (χ1) is 11.5. The Morgan fingerprint density at radius 2 is 1.88 bits per heavy atom. The summed E-state index contributed by atoms with van der Waals surface area (Å²) < 4.78 is 0. The maximum absolute atomic E-state index is 12.9. The van der Waals surface area contributed by atoms with Crippen molar-refractivity contribution >= 4 is 5.91 Å². The summed E-state index contributed by atoms with van der Waals surface area (Å²) >= 11 is 0. The summed E-state index contributed by atoms with van der Waals surface area (Å²) in [6, 6.07) is 18.1. The van der Waals surface area contributed by atoms with Crippen LogP contribution in [0.5, 0.6) is 0 Å². The Hall–Kier alpha value is -2.17. The number of benzene rings is 2. The Morgan fingerprint density at radius 3 is 2.58 bits per heavy atom. The first-order valence-electron chi connectivity index (χ1n) is 8.38. The van der Waals surface area contributed by atoms with Gasteiger partial charge in [-0.15, -0.1) is 0 Å². The molecule has 2 aromatic carbocycles. The Kier molecular flexibility index (Phi) is 4.97. The molecular formula is C20H25N3O. The predicted molar refractivity (Wildman–Crippen MR) is 96.9 cm³/mol. The molecule has 1 amide bonds. The van der Waals surface area contributed by atoms with E-state index in [2.05, 4.69) is 23.1 Å². The van der Waals surface area contributed by atoms with Crippen molar-refractivity contribution in [1.29, 1.82) is 0 Å². The normalized spacial score (nSPS) is 20.6. The molecule has 2 aromatic rings. The van der Waals surface area contributed by atoms with Gasteiger partial charge in [0.2, 0.25) is 0 Å². The Labute approximate surface area is 143 Å². The van der Waals surface area contributed by atoms with Gasteiger partial charge in [-0.3, -0.25) is 4.79 Å². The van der Waals surface area contributed by atoms with Crippen LogP contribution in [0.2, 0.25) is 0 Å². The van der Waals surface area contributed by atoms with Crippen LogP contribution in [0.25, 0.3) is 0 Å². The highest BCUT2D eigenvalue weighted by Crippen LogP contribution is 2.27. The average molecular weight is 323 g/mol. The second-order valence-electron chi connectivity index (χ2n) is 6.83. The summed E-state index contributed by atoms with van der Waals surface area (Å²) in [5.41, 5.74) is 9.42. The molecule has 1 fully saturated rings. The standard InChI is InChI=1S/C20H25N3O/c1-22(2)12-15-7-6-10-17(11-15)20(24)23-13-18(19(21)14-23)16-8-4-3-5-9-16/h3-11,18-19H,12-14,21H2,1-2H3/t18-,19+/m0/s1. The minimum atomic E-state index is -0.0127. The monoisotopic (exact) mass is 323 g/mol. The lowest BCUT2D eigenvalue weighted by molar-refractivity contribution is 0.0789. The summed E-state index contributed by atoms with van der Waals surface area (Å²) in [6.45, 7) is 2.12. The minimum Gasteiger partial charge on any atom is -0.336 e. The molecule has 24 heavy (non-hydrogen) atoms. The van der Waals surface area contributed by atoms with Crippen molar-refractivity contribution in [2.75, 3.05) is 27.2 Å². The number of nitrogens with two attached hydrogens (primary N) is 1. The van der Waals surface area contributed by atoms with Crippen LogP contribution >= 0.6 is 0 Å². The fraction of sp³-hybridized carbons (Fsp3) is 0.350. The highest BCUT2D eigenvalue weighted by Gasteiger charge is 2.34. The Morgan fingerprint density at radius 1 is 1.12 bits per heavy atom. The molecule has 0 unspecified atom stereocenters. The van der Waals surface area contributed by atoms with Gasteiger partial charge in [0.1, 0.15) is 0 Å². The molecule has 1 saturated heterocycles. The molecule has 0 bridgehead atoms. The third-order valence-corrected chi connectivity index (χ3v) is 4.55. The van der Waals surface area contributed by atoms with E-state index in [4.69, 9.17) is 5.73 Å². The fourth-order valence-electron chi connectivity index (χ4n) is 3.40. The maximum Gasteiger partial charge on any atom is 0.253 e. The smallest absolute Gasteiger partial charge is 0.253 e. The minimum absolute atomic E-state index is 0.0127. The molecule has 1 aliphatic rings. The van der Waals surface area contributed by atoms with E-state index in [1.165, 1.54) is 5.56 Å². The molecule has 2 N–H and O–H groups in total. The summed E-state index contributed by atoms with van der Waals surface area (Å²) in [4.78, 5) is 16.8. The van der Waals surface area contributed by atoms with E-state index in [1.807, 2.05) is 55.4 Å². The number of amides is 1. The predicted octanol–water partition coefficient (Wildman–Crippen LogP) is 2.32. The number of rotatable bonds is 4. The summed E-state index contributed by atoms with van der Waals surface area (Å²) in [6.07, 6.45) is 0. The third-order valence-electron chi connectivity index (χ3n) is 4.55. The van der Waals surface area contributed by atoms with E-state index in [-0.39, 0.29) is 17.9 Å². The zero-order valence-corrected chi connectivity index (χ0v) is 14.4.